The fourth-order valence-corrected chi connectivity index (χ4v) is 1.91. The van der Waals surface area contributed by atoms with E-state index in [0.717, 1.165) is 0 Å². The molecule has 0 amide bonds. The molecule has 1 aliphatic heterocycles. The van der Waals surface area contributed by atoms with Gasteiger partial charge in [-0.3, -0.25) is 9.59 Å². The van der Waals surface area contributed by atoms with Gasteiger partial charge >= 0.3 is 11.9 Å². The number of carboxylic acids is 2. The Balaban J connectivity index is 2.55. The van der Waals surface area contributed by atoms with E-state index in [0.29, 0.717) is 19.3 Å². The molecule has 0 saturated carbocycles. The first kappa shape index (κ1) is 11.0. The van der Waals surface area contributed by atoms with Crippen LogP contribution in [0.5, 0.6) is 0 Å². The molecule has 14 heavy (non-hydrogen) atoms. The molecular weight excluding hydrogens is 186 g/mol. The molecule has 0 aromatic heterocycles. The first-order valence-corrected chi connectivity index (χ1v) is 4.78. The Labute approximate surface area is 82.1 Å². The summed E-state index contributed by atoms with van der Waals surface area (Å²) in [7, 11) is 0. The molecule has 1 fully saturated rings. The van der Waals surface area contributed by atoms with Crippen molar-refractivity contribution in [3.63, 3.8) is 0 Å². The Bertz CT molecular complexity index is 241. The summed E-state index contributed by atoms with van der Waals surface area (Å²) in [5.74, 6) is -2.22. The van der Waals surface area contributed by atoms with Gasteiger partial charge in [0.15, 0.2) is 0 Å². The third-order valence-electron chi connectivity index (χ3n) is 2.72. The zero-order valence-corrected chi connectivity index (χ0v) is 8.06. The maximum Gasteiger partial charge on any atom is 0.320 e. The molecule has 5 heteroatoms. The van der Waals surface area contributed by atoms with Gasteiger partial charge in [0, 0.05) is 6.04 Å². The van der Waals surface area contributed by atoms with Gasteiger partial charge in [0.2, 0.25) is 0 Å². The monoisotopic (exact) mass is 201 g/mol. The third-order valence-corrected chi connectivity index (χ3v) is 2.72. The van der Waals surface area contributed by atoms with E-state index in [1.807, 2.05) is 0 Å². The minimum absolute atomic E-state index is 0.196. The second-order valence-electron chi connectivity index (χ2n) is 3.59. The molecule has 5 nitrogen and oxygen atoms in total. The van der Waals surface area contributed by atoms with Gasteiger partial charge in [-0.15, -0.1) is 0 Å². The lowest BCUT2D eigenvalue weighted by Gasteiger charge is -2.18. The van der Waals surface area contributed by atoms with Crippen LogP contribution in [0.4, 0.5) is 0 Å². The number of carbonyl (C=O) groups is 2. The fraction of sp³-hybridized carbons (Fsp3) is 0.778. The molecule has 0 aromatic rings. The maximum absolute atomic E-state index is 10.8. The van der Waals surface area contributed by atoms with Crippen LogP contribution in [0, 0.1) is 5.92 Å². The van der Waals surface area contributed by atoms with E-state index in [-0.39, 0.29) is 6.04 Å². The summed E-state index contributed by atoms with van der Waals surface area (Å²) in [6.07, 6.45) is 1.67. The Morgan fingerprint density at radius 2 is 2.07 bits per heavy atom. The first-order valence-electron chi connectivity index (χ1n) is 4.78. The van der Waals surface area contributed by atoms with Crippen molar-refractivity contribution in [2.45, 2.75) is 38.3 Å². The normalized spacial score (nSPS) is 28.6. The summed E-state index contributed by atoms with van der Waals surface area (Å²) >= 11 is 0. The number of nitrogens with one attached hydrogen (secondary N) is 1. The molecular formula is C9H15NO4. The second kappa shape index (κ2) is 4.41. The Morgan fingerprint density at radius 1 is 1.43 bits per heavy atom. The van der Waals surface area contributed by atoms with Gasteiger partial charge in [-0.05, 0) is 19.3 Å². The van der Waals surface area contributed by atoms with Crippen LogP contribution in [0.3, 0.4) is 0 Å². The van der Waals surface area contributed by atoms with Gasteiger partial charge < -0.3 is 15.5 Å². The highest BCUT2D eigenvalue weighted by atomic mass is 16.4. The lowest BCUT2D eigenvalue weighted by Crippen LogP contribution is -2.41. The number of aliphatic carboxylic acids is 2. The van der Waals surface area contributed by atoms with Crippen molar-refractivity contribution >= 4 is 11.9 Å². The Morgan fingerprint density at radius 3 is 2.43 bits per heavy atom. The van der Waals surface area contributed by atoms with Gasteiger partial charge in [-0.1, -0.05) is 6.92 Å². The highest BCUT2D eigenvalue weighted by Crippen LogP contribution is 2.21. The predicted octanol–water partition coefficient (Wildman–Crippen LogP) is 0.302. The first-order chi connectivity index (χ1) is 6.56. The van der Waals surface area contributed by atoms with Crippen molar-refractivity contribution in [1.29, 1.82) is 0 Å². The lowest BCUT2D eigenvalue weighted by atomic mass is 9.96. The Kier molecular flexibility index (Phi) is 3.46. The van der Waals surface area contributed by atoms with Crippen molar-refractivity contribution < 1.29 is 19.8 Å². The summed E-state index contributed by atoms with van der Waals surface area (Å²) in [5.41, 5.74) is 0. The molecule has 80 valence electrons. The van der Waals surface area contributed by atoms with Crippen molar-refractivity contribution in [3.05, 3.63) is 0 Å². The van der Waals surface area contributed by atoms with E-state index in [1.165, 1.54) is 0 Å². The minimum Gasteiger partial charge on any atom is -0.481 e. The van der Waals surface area contributed by atoms with Crippen LogP contribution in [0.2, 0.25) is 0 Å². The van der Waals surface area contributed by atoms with E-state index in [9.17, 15) is 9.59 Å². The van der Waals surface area contributed by atoms with Crippen LogP contribution in [-0.2, 0) is 9.59 Å². The quantitative estimate of drug-likeness (QED) is 0.609. The molecule has 1 aliphatic rings. The predicted molar refractivity (Wildman–Crippen MR) is 49.0 cm³/mol. The molecule has 0 aromatic carbocycles. The van der Waals surface area contributed by atoms with Gasteiger partial charge in [-0.25, -0.2) is 0 Å². The summed E-state index contributed by atoms with van der Waals surface area (Å²) in [5, 5.41) is 20.4. The van der Waals surface area contributed by atoms with Crippen LogP contribution in [0.1, 0.15) is 26.2 Å². The van der Waals surface area contributed by atoms with Gasteiger partial charge in [0.1, 0.15) is 6.04 Å². The summed E-state index contributed by atoms with van der Waals surface area (Å²) in [4.78, 5) is 21.4. The zero-order chi connectivity index (χ0) is 10.7. The summed E-state index contributed by atoms with van der Waals surface area (Å²) in [6, 6.07) is -0.771. The van der Waals surface area contributed by atoms with Crippen LogP contribution in [0.15, 0.2) is 0 Å². The molecule has 3 N–H and O–H groups in total. The number of hydrogen-bond acceptors (Lipinski definition) is 3. The molecule has 0 radical (unpaired) electrons. The Hall–Kier alpha value is -1.10. The average Bonchev–Trinajstić information content (AvgIpc) is 2.53. The third kappa shape index (κ3) is 2.23. The fourth-order valence-electron chi connectivity index (χ4n) is 1.91. The molecule has 0 bridgehead atoms. The molecule has 1 heterocycles. The van der Waals surface area contributed by atoms with Crippen molar-refractivity contribution in [2.24, 2.45) is 5.92 Å². The van der Waals surface area contributed by atoms with E-state index in [4.69, 9.17) is 10.2 Å². The smallest absolute Gasteiger partial charge is 0.320 e. The molecule has 0 spiro atoms. The van der Waals surface area contributed by atoms with Gasteiger partial charge in [0.05, 0.1) is 5.92 Å². The molecule has 3 atom stereocenters. The summed E-state index contributed by atoms with van der Waals surface area (Å²) in [6.45, 7) is 1.80. The molecule has 0 aliphatic carbocycles. The average molecular weight is 201 g/mol. The molecule has 1 saturated heterocycles. The number of rotatable bonds is 4. The van der Waals surface area contributed by atoms with Gasteiger partial charge in [0.25, 0.3) is 0 Å². The largest absolute Gasteiger partial charge is 0.481 e. The SMILES string of the molecule is CC[C@H](C(=O)O)[C@@H]1CC[C@@H](C(=O)O)N1. The lowest BCUT2D eigenvalue weighted by molar-refractivity contribution is -0.144. The molecule has 1 rings (SSSR count). The summed E-state index contributed by atoms with van der Waals surface area (Å²) < 4.78 is 0. The van der Waals surface area contributed by atoms with Gasteiger partial charge in [-0.2, -0.15) is 0 Å². The number of hydrogen-bond donors (Lipinski definition) is 3. The molecule has 0 unspecified atom stereocenters. The number of carboxylic acid groups (broad SMARTS) is 2. The van der Waals surface area contributed by atoms with Crippen LogP contribution in [-0.4, -0.2) is 34.2 Å². The second-order valence-corrected chi connectivity index (χ2v) is 3.59. The van der Waals surface area contributed by atoms with Crippen LogP contribution in [0.25, 0.3) is 0 Å². The van der Waals surface area contributed by atoms with Crippen LogP contribution >= 0.6 is 0 Å². The zero-order valence-electron chi connectivity index (χ0n) is 8.06. The van der Waals surface area contributed by atoms with Crippen molar-refractivity contribution in [3.8, 4) is 0 Å². The topological polar surface area (TPSA) is 86.6 Å². The van der Waals surface area contributed by atoms with E-state index in [2.05, 4.69) is 5.32 Å². The van der Waals surface area contributed by atoms with E-state index >= 15 is 0 Å². The van der Waals surface area contributed by atoms with E-state index in [1.54, 1.807) is 6.92 Å². The minimum atomic E-state index is -0.896. The standard InChI is InChI=1S/C9H15NO4/c1-2-5(8(11)12)6-3-4-7(10-6)9(13)14/h5-7,10H,2-4H2,1H3,(H,11,12)(H,13,14)/t5-,6-,7-/m0/s1. The highest BCUT2D eigenvalue weighted by molar-refractivity contribution is 5.75. The van der Waals surface area contributed by atoms with Crippen molar-refractivity contribution in [2.75, 3.05) is 0 Å². The van der Waals surface area contributed by atoms with Crippen LogP contribution < -0.4 is 5.32 Å². The maximum atomic E-state index is 10.8. The highest BCUT2D eigenvalue weighted by Gasteiger charge is 2.35. The van der Waals surface area contributed by atoms with Crippen molar-refractivity contribution in [1.82, 2.24) is 5.32 Å². The van der Waals surface area contributed by atoms with E-state index < -0.39 is 23.9 Å².